The molecular weight excluding hydrogens is 238 g/mol. The lowest BCUT2D eigenvalue weighted by molar-refractivity contribution is 0.0191. The minimum atomic E-state index is -0.638. The van der Waals surface area contributed by atoms with Gasteiger partial charge >= 0.3 is 0 Å². The standard InChI is InChI=1S/C16H19NO2/c18-16(7-3-10-19-11-8-16)12-13-6-9-17-15-5-2-1-4-14(13)15/h1-2,4-6,9,18H,3,7-8,10-12H2. The molecule has 0 radical (unpaired) electrons. The van der Waals surface area contributed by atoms with Gasteiger partial charge < -0.3 is 9.84 Å². The van der Waals surface area contributed by atoms with Gasteiger partial charge in [-0.15, -0.1) is 0 Å². The number of nitrogens with zero attached hydrogens (tertiary/aromatic N) is 1. The Morgan fingerprint density at radius 2 is 2.05 bits per heavy atom. The number of pyridine rings is 1. The summed E-state index contributed by atoms with van der Waals surface area (Å²) in [6.07, 6.45) is 4.96. The van der Waals surface area contributed by atoms with Crippen LogP contribution in [0.4, 0.5) is 0 Å². The summed E-state index contributed by atoms with van der Waals surface area (Å²) in [4.78, 5) is 4.37. The largest absolute Gasteiger partial charge is 0.389 e. The molecule has 0 aliphatic carbocycles. The predicted octanol–water partition coefficient (Wildman–Crippen LogP) is 2.71. The van der Waals surface area contributed by atoms with Gasteiger partial charge in [0.15, 0.2) is 0 Å². The molecule has 3 rings (SSSR count). The average Bonchev–Trinajstić information content (AvgIpc) is 2.64. The van der Waals surface area contributed by atoms with E-state index in [4.69, 9.17) is 4.74 Å². The first-order valence-electron chi connectivity index (χ1n) is 6.90. The molecule has 2 heterocycles. The van der Waals surface area contributed by atoms with Crippen LogP contribution in [0, 0.1) is 0 Å². The Labute approximate surface area is 113 Å². The van der Waals surface area contributed by atoms with Gasteiger partial charge in [0.2, 0.25) is 0 Å². The third-order valence-electron chi connectivity index (χ3n) is 3.90. The second-order valence-electron chi connectivity index (χ2n) is 5.35. The van der Waals surface area contributed by atoms with Gasteiger partial charge in [-0.05, 0) is 37.0 Å². The van der Waals surface area contributed by atoms with E-state index in [-0.39, 0.29) is 0 Å². The SMILES string of the molecule is OC1(Cc2ccnc3ccccc23)CCCOCC1. The van der Waals surface area contributed by atoms with Crippen molar-refractivity contribution in [2.45, 2.75) is 31.3 Å². The maximum atomic E-state index is 10.8. The van der Waals surface area contributed by atoms with Gasteiger partial charge in [-0.1, -0.05) is 18.2 Å². The molecule has 1 N–H and O–H groups in total. The Bertz CT molecular complexity index is 554. The Kier molecular flexibility index (Phi) is 3.49. The summed E-state index contributed by atoms with van der Waals surface area (Å²) in [6, 6.07) is 10.1. The second kappa shape index (κ2) is 5.27. The van der Waals surface area contributed by atoms with E-state index >= 15 is 0 Å². The molecule has 0 amide bonds. The first-order valence-corrected chi connectivity index (χ1v) is 6.90. The van der Waals surface area contributed by atoms with E-state index in [0.29, 0.717) is 19.4 Å². The molecule has 1 aromatic carbocycles. The molecular formula is C16H19NO2. The summed E-state index contributed by atoms with van der Waals surface area (Å²) < 4.78 is 5.44. The minimum absolute atomic E-state index is 0.638. The second-order valence-corrected chi connectivity index (χ2v) is 5.35. The Balaban J connectivity index is 1.92. The monoisotopic (exact) mass is 257 g/mol. The normalized spacial score (nSPS) is 24.3. The Hall–Kier alpha value is -1.45. The molecule has 1 aromatic heterocycles. The lowest BCUT2D eigenvalue weighted by Crippen LogP contribution is -2.31. The van der Waals surface area contributed by atoms with Gasteiger partial charge in [-0.3, -0.25) is 4.98 Å². The van der Waals surface area contributed by atoms with Crippen molar-refractivity contribution in [3.8, 4) is 0 Å². The highest BCUT2D eigenvalue weighted by molar-refractivity contribution is 5.81. The molecule has 1 aliphatic rings. The van der Waals surface area contributed by atoms with Crippen LogP contribution in [0.1, 0.15) is 24.8 Å². The van der Waals surface area contributed by atoms with Crippen LogP contribution in [-0.2, 0) is 11.2 Å². The summed E-state index contributed by atoms with van der Waals surface area (Å²) in [5.41, 5.74) is 1.53. The quantitative estimate of drug-likeness (QED) is 0.899. The van der Waals surface area contributed by atoms with Crippen molar-refractivity contribution < 1.29 is 9.84 Å². The van der Waals surface area contributed by atoms with Crippen molar-refractivity contribution in [3.05, 3.63) is 42.1 Å². The summed E-state index contributed by atoms with van der Waals surface area (Å²) in [5, 5.41) is 11.9. The summed E-state index contributed by atoms with van der Waals surface area (Å²) in [5.74, 6) is 0. The van der Waals surface area contributed by atoms with Crippen molar-refractivity contribution in [2.24, 2.45) is 0 Å². The van der Waals surface area contributed by atoms with E-state index in [1.54, 1.807) is 0 Å². The molecule has 1 unspecified atom stereocenters. The summed E-state index contributed by atoms with van der Waals surface area (Å²) >= 11 is 0. The molecule has 19 heavy (non-hydrogen) atoms. The molecule has 0 spiro atoms. The van der Waals surface area contributed by atoms with Crippen molar-refractivity contribution in [1.82, 2.24) is 4.98 Å². The molecule has 100 valence electrons. The number of ether oxygens (including phenoxy) is 1. The van der Waals surface area contributed by atoms with Crippen LogP contribution in [0.15, 0.2) is 36.5 Å². The highest BCUT2D eigenvalue weighted by Gasteiger charge is 2.29. The minimum Gasteiger partial charge on any atom is -0.389 e. The predicted molar refractivity (Wildman–Crippen MR) is 75.1 cm³/mol. The molecule has 2 aromatic rings. The highest BCUT2D eigenvalue weighted by Crippen LogP contribution is 2.28. The smallest absolute Gasteiger partial charge is 0.0711 e. The van der Waals surface area contributed by atoms with Crippen molar-refractivity contribution in [3.63, 3.8) is 0 Å². The fraction of sp³-hybridized carbons (Fsp3) is 0.438. The van der Waals surface area contributed by atoms with Crippen molar-refractivity contribution >= 4 is 10.9 Å². The third-order valence-corrected chi connectivity index (χ3v) is 3.90. The molecule has 1 atom stereocenters. The van der Waals surface area contributed by atoms with Gasteiger partial charge in [0.1, 0.15) is 0 Å². The highest BCUT2D eigenvalue weighted by atomic mass is 16.5. The summed E-state index contributed by atoms with van der Waals surface area (Å²) in [7, 11) is 0. The molecule has 3 heteroatoms. The van der Waals surface area contributed by atoms with E-state index in [2.05, 4.69) is 11.1 Å². The number of aromatic nitrogens is 1. The lowest BCUT2D eigenvalue weighted by atomic mass is 9.87. The molecule has 1 aliphatic heterocycles. The van der Waals surface area contributed by atoms with Gasteiger partial charge in [0.25, 0.3) is 0 Å². The number of benzene rings is 1. The van der Waals surface area contributed by atoms with Crippen LogP contribution in [0.25, 0.3) is 10.9 Å². The number of hydrogen-bond acceptors (Lipinski definition) is 3. The van der Waals surface area contributed by atoms with Crippen LogP contribution in [0.2, 0.25) is 0 Å². The topological polar surface area (TPSA) is 42.4 Å². The fourth-order valence-corrected chi connectivity index (χ4v) is 2.83. The molecule has 0 bridgehead atoms. The maximum Gasteiger partial charge on any atom is 0.0711 e. The lowest BCUT2D eigenvalue weighted by Gasteiger charge is -2.26. The number of fused-ring (bicyclic) bond motifs is 1. The van der Waals surface area contributed by atoms with E-state index in [0.717, 1.165) is 30.4 Å². The van der Waals surface area contributed by atoms with Gasteiger partial charge in [-0.25, -0.2) is 0 Å². The number of rotatable bonds is 2. The number of aliphatic hydroxyl groups is 1. The van der Waals surface area contributed by atoms with E-state index in [9.17, 15) is 5.11 Å². The molecule has 1 fully saturated rings. The van der Waals surface area contributed by atoms with Gasteiger partial charge in [-0.2, -0.15) is 0 Å². The van der Waals surface area contributed by atoms with Crippen molar-refractivity contribution in [1.29, 1.82) is 0 Å². The van der Waals surface area contributed by atoms with E-state index in [1.807, 2.05) is 30.5 Å². The van der Waals surface area contributed by atoms with Crippen LogP contribution in [-0.4, -0.2) is 28.9 Å². The van der Waals surface area contributed by atoms with Crippen LogP contribution in [0.5, 0.6) is 0 Å². The van der Waals surface area contributed by atoms with Crippen LogP contribution >= 0.6 is 0 Å². The number of hydrogen-bond donors (Lipinski definition) is 1. The van der Waals surface area contributed by atoms with E-state index < -0.39 is 5.60 Å². The van der Waals surface area contributed by atoms with Crippen LogP contribution in [0.3, 0.4) is 0 Å². The van der Waals surface area contributed by atoms with Crippen LogP contribution < -0.4 is 0 Å². The molecule has 1 saturated heterocycles. The van der Waals surface area contributed by atoms with Gasteiger partial charge in [0.05, 0.1) is 11.1 Å². The van der Waals surface area contributed by atoms with E-state index in [1.165, 1.54) is 5.56 Å². The fourth-order valence-electron chi connectivity index (χ4n) is 2.83. The zero-order valence-electron chi connectivity index (χ0n) is 11.0. The first kappa shape index (κ1) is 12.6. The number of para-hydroxylation sites is 1. The average molecular weight is 257 g/mol. The molecule has 3 nitrogen and oxygen atoms in total. The Morgan fingerprint density at radius 3 is 3.00 bits per heavy atom. The zero-order chi connectivity index (χ0) is 13.1. The zero-order valence-corrected chi connectivity index (χ0v) is 11.0. The van der Waals surface area contributed by atoms with Gasteiger partial charge in [0, 0.05) is 31.2 Å². The van der Waals surface area contributed by atoms with Crippen molar-refractivity contribution in [2.75, 3.05) is 13.2 Å². The Morgan fingerprint density at radius 1 is 1.16 bits per heavy atom. The third kappa shape index (κ3) is 2.77. The first-order chi connectivity index (χ1) is 9.27. The maximum absolute atomic E-state index is 10.8. The summed E-state index contributed by atoms with van der Waals surface area (Å²) in [6.45, 7) is 1.42. The molecule has 0 saturated carbocycles.